The largest absolute Gasteiger partial charge is 0.387 e. The Labute approximate surface area is 215 Å². The van der Waals surface area contributed by atoms with Crippen molar-refractivity contribution in [1.82, 2.24) is 4.90 Å². The third kappa shape index (κ3) is 7.29. The minimum atomic E-state index is -0.488. The number of unbranched alkanes of at least 4 members (excludes halogenated alkanes) is 8. The number of aliphatic hydroxyl groups excluding tert-OH is 1. The predicted octanol–water partition coefficient (Wildman–Crippen LogP) is 9.42. The summed E-state index contributed by atoms with van der Waals surface area (Å²) < 4.78 is 1.12. The molecule has 0 spiro atoms. The molecule has 0 saturated carbocycles. The predicted molar refractivity (Wildman–Crippen MR) is 153 cm³/mol. The Morgan fingerprint density at radius 3 is 1.94 bits per heavy atom. The summed E-state index contributed by atoms with van der Waals surface area (Å²) in [6.07, 6.45) is 12.4. The number of benzene rings is 3. The Morgan fingerprint density at radius 1 is 0.735 bits per heavy atom. The van der Waals surface area contributed by atoms with Crippen molar-refractivity contribution in [1.29, 1.82) is 0 Å². The zero-order valence-corrected chi connectivity index (χ0v) is 23.1. The van der Waals surface area contributed by atoms with Crippen molar-refractivity contribution >= 4 is 37.5 Å². The summed E-state index contributed by atoms with van der Waals surface area (Å²) in [5.74, 6) is 0. The molecule has 0 unspecified atom stereocenters. The van der Waals surface area contributed by atoms with Gasteiger partial charge in [0.2, 0.25) is 0 Å². The first kappa shape index (κ1) is 27.2. The molecule has 0 amide bonds. The van der Waals surface area contributed by atoms with Gasteiger partial charge in [-0.25, -0.2) is 0 Å². The van der Waals surface area contributed by atoms with E-state index in [1.54, 1.807) is 0 Å². The lowest BCUT2D eigenvalue weighted by Crippen LogP contribution is -2.39. The van der Waals surface area contributed by atoms with Crippen LogP contribution in [-0.2, 0) is 0 Å². The molecule has 0 aliphatic rings. The van der Waals surface area contributed by atoms with E-state index in [0.717, 1.165) is 23.1 Å². The van der Waals surface area contributed by atoms with Gasteiger partial charge in [0.15, 0.2) is 0 Å². The molecule has 1 N–H and O–H groups in total. The quantitative estimate of drug-likeness (QED) is 0.157. The number of hydrogen-bond acceptors (Lipinski definition) is 2. The molecule has 0 aliphatic carbocycles. The molecule has 2 atom stereocenters. The number of fused-ring (bicyclic) bond motifs is 3. The molecule has 3 rings (SSSR count). The van der Waals surface area contributed by atoms with Crippen molar-refractivity contribution in [3.63, 3.8) is 0 Å². The van der Waals surface area contributed by atoms with Gasteiger partial charge in [-0.1, -0.05) is 118 Å². The lowest BCUT2D eigenvalue weighted by atomic mass is 9.95. The Bertz CT molecular complexity index is 1000. The van der Waals surface area contributed by atoms with Crippen molar-refractivity contribution in [3.8, 4) is 0 Å². The number of nitrogens with zero attached hydrogens (tertiary/aromatic N) is 1. The van der Waals surface area contributed by atoms with Crippen LogP contribution in [-0.4, -0.2) is 29.1 Å². The van der Waals surface area contributed by atoms with Crippen molar-refractivity contribution < 1.29 is 5.11 Å². The van der Waals surface area contributed by atoms with Crippen molar-refractivity contribution in [2.45, 2.75) is 97.1 Å². The molecule has 0 fully saturated rings. The highest BCUT2D eigenvalue weighted by Gasteiger charge is 2.23. The highest BCUT2D eigenvalue weighted by molar-refractivity contribution is 9.10. The zero-order valence-electron chi connectivity index (χ0n) is 21.5. The van der Waals surface area contributed by atoms with Gasteiger partial charge in [0.1, 0.15) is 0 Å². The van der Waals surface area contributed by atoms with Crippen molar-refractivity contribution in [3.05, 3.63) is 58.6 Å². The second-order valence-corrected chi connectivity index (χ2v) is 10.8. The Balaban J connectivity index is 1.76. The average Bonchev–Trinajstić information content (AvgIpc) is 2.86. The number of hydrogen-bond donors (Lipinski definition) is 1. The van der Waals surface area contributed by atoms with E-state index < -0.39 is 6.10 Å². The summed E-state index contributed by atoms with van der Waals surface area (Å²) in [4.78, 5) is 2.55. The molecule has 0 saturated heterocycles. The number of aliphatic hydroxyl groups is 1. The first-order valence-corrected chi connectivity index (χ1v) is 14.4. The fraction of sp³-hybridized carbons (Fsp3) is 0.548. The summed E-state index contributed by atoms with van der Waals surface area (Å²) in [5, 5.41) is 16.4. The van der Waals surface area contributed by atoms with Gasteiger partial charge in [-0.3, -0.25) is 4.90 Å². The molecular formula is C31H44BrNO. The molecule has 0 aliphatic heterocycles. The van der Waals surface area contributed by atoms with Gasteiger partial charge in [0.25, 0.3) is 0 Å². The molecule has 3 aromatic carbocycles. The minimum absolute atomic E-state index is 0.108. The second-order valence-electron chi connectivity index (χ2n) is 9.93. The van der Waals surface area contributed by atoms with E-state index in [1.807, 2.05) is 0 Å². The average molecular weight is 527 g/mol. The van der Waals surface area contributed by atoms with Gasteiger partial charge in [-0.05, 0) is 72.1 Å². The summed E-state index contributed by atoms with van der Waals surface area (Å²) >= 11 is 3.73. The van der Waals surface area contributed by atoms with Crippen LogP contribution in [0.1, 0.15) is 96.6 Å². The van der Waals surface area contributed by atoms with Crippen LogP contribution in [0.15, 0.2) is 53.0 Å². The maximum atomic E-state index is 11.5. The van der Waals surface area contributed by atoms with E-state index >= 15 is 0 Å². The van der Waals surface area contributed by atoms with Gasteiger partial charge < -0.3 is 5.11 Å². The fourth-order valence-electron chi connectivity index (χ4n) is 5.09. The van der Waals surface area contributed by atoms with Gasteiger partial charge in [0.05, 0.1) is 6.10 Å². The fourth-order valence-corrected chi connectivity index (χ4v) is 5.68. The van der Waals surface area contributed by atoms with Crippen LogP contribution in [0.2, 0.25) is 0 Å². The maximum absolute atomic E-state index is 11.5. The Kier molecular flexibility index (Phi) is 11.4. The van der Waals surface area contributed by atoms with E-state index in [-0.39, 0.29) is 6.04 Å². The molecule has 3 aromatic rings. The topological polar surface area (TPSA) is 23.5 Å². The molecule has 3 heteroatoms. The first-order chi connectivity index (χ1) is 16.6. The molecular weight excluding hydrogens is 482 g/mol. The van der Waals surface area contributed by atoms with Crippen molar-refractivity contribution in [2.24, 2.45) is 0 Å². The standard InChI is InChI=1S/C31H44BrNO/c1-4-6-8-10-14-20-33(21-15-11-9-7-5-2)24(3)31(34)26-19-18-25-23-30(32)28-17-13-12-16-27(28)29(25)22-26/h12-13,16-19,22-24,31,34H,4-11,14-15,20-21H2,1-3H3/t24-,31+/m1/s1. The highest BCUT2D eigenvalue weighted by atomic mass is 79.9. The molecule has 0 heterocycles. The zero-order chi connectivity index (χ0) is 24.3. The molecule has 0 aromatic heterocycles. The summed E-state index contributed by atoms with van der Waals surface area (Å²) in [5.41, 5.74) is 1.02. The molecule has 34 heavy (non-hydrogen) atoms. The third-order valence-electron chi connectivity index (χ3n) is 7.31. The Morgan fingerprint density at radius 2 is 1.32 bits per heavy atom. The molecule has 0 bridgehead atoms. The van der Waals surface area contributed by atoms with Crippen LogP contribution < -0.4 is 0 Å². The van der Waals surface area contributed by atoms with Gasteiger partial charge in [-0.15, -0.1) is 0 Å². The highest BCUT2D eigenvalue weighted by Crippen LogP contribution is 2.34. The van der Waals surface area contributed by atoms with E-state index in [9.17, 15) is 5.11 Å². The Hall–Kier alpha value is -1.42. The van der Waals surface area contributed by atoms with Crippen LogP contribution >= 0.6 is 15.9 Å². The first-order valence-electron chi connectivity index (χ1n) is 13.6. The van der Waals surface area contributed by atoms with Gasteiger partial charge >= 0.3 is 0 Å². The monoisotopic (exact) mass is 525 g/mol. The molecule has 0 radical (unpaired) electrons. The number of halogens is 1. The SMILES string of the molecule is CCCCCCCN(CCCCCCC)[C@H](C)[C@H](O)c1ccc2cc(Br)c3ccccc3c2c1. The van der Waals surface area contributed by atoms with Crippen molar-refractivity contribution in [2.75, 3.05) is 13.1 Å². The summed E-state index contributed by atoms with van der Waals surface area (Å²) in [6, 6.07) is 17.3. The van der Waals surface area contributed by atoms with Crippen LogP contribution in [0.3, 0.4) is 0 Å². The maximum Gasteiger partial charge on any atom is 0.0942 e. The van der Waals surface area contributed by atoms with E-state index in [0.29, 0.717) is 0 Å². The summed E-state index contributed by atoms with van der Waals surface area (Å²) in [7, 11) is 0. The van der Waals surface area contributed by atoms with Gasteiger partial charge in [-0.2, -0.15) is 0 Å². The van der Waals surface area contributed by atoms with Crippen LogP contribution in [0.25, 0.3) is 21.5 Å². The minimum Gasteiger partial charge on any atom is -0.387 e. The van der Waals surface area contributed by atoms with Crippen LogP contribution in [0, 0.1) is 0 Å². The van der Waals surface area contributed by atoms with E-state index in [2.05, 4.69) is 90.1 Å². The third-order valence-corrected chi connectivity index (χ3v) is 7.96. The van der Waals surface area contributed by atoms with E-state index in [1.165, 1.54) is 85.8 Å². The normalized spacial score (nSPS) is 13.7. The van der Waals surface area contributed by atoms with E-state index in [4.69, 9.17) is 0 Å². The molecule has 186 valence electrons. The smallest absolute Gasteiger partial charge is 0.0942 e. The lowest BCUT2D eigenvalue weighted by molar-refractivity contribution is 0.0555. The lowest BCUT2D eigenvalue weighted by Gasteiger charge is -2.33. The summed E-state index contributed by atoms with van der Waals surface area (Å²) in [6.45, 7) is 8.92. The second kappa shape index (κ2) is 14.2. The van der Waals surface area contributed by atoms with Crippen LogP contribution in [0.4, 0.5) is 0 Å². The molecule has 2 nitrogen and oxygen atoms in total. The number of rotatable bonds is 15. The van der Waals surface area contributed by atoms with Crippen LogP contribution in [0.5, 0.6) is 0 Å². The van der Waals surface area contributed by atoms with Gasteiger partial charge in [0, 0.05) is 10.5 Å².